The lowest BCUT2D eigenvalue weighted by Gasteiger charge is -2.04. The molecule has 3 rings (SSSR count). The van der Waals surface area contributed by atoms with Crippen LogP contribution in [-0.4, -0.2) is 21.6 Å². The number of oxazole rings is 1. The Balaban J connectivity index is 0.000000321. The van der Waals surface area contributed by atoms with Crippen molar-refractivity contribution >= 4 is 31.7 Å². The van der Waals surface area contributed by atoms with Crippen molar-refractivity contribution in [3.05, 3.63) is 59.9 Å². The zero-order valence-electron chi connectivity index (χ0n) is 14.9. The number of hydrogen-bond acceptors (Lipinski definition) is 4. The Morgan fingerprint density at radius 3 is 2.56 bits per heavy atom. The Morgan fingerprint density at radius 2 is 2.00 bits per heavy atom. The Kier molecular flexibility index (Phi) is 6.90. The Morgan fingerprint density at radius 1 is 1.26 bits per heavy atom. The fraction of sp³-hybridized carbons (Fsp3) is 0.211. The first-order chi connectivity index (χ1) is 12.8. The van der Waals surface area contributed by atoms with E-state index in [0.717, 1.165) is 22.3 Å². The van der Waals surface area contributed by atoms with Gasteiger partial charge in [-0.25, -0.2) is 4.98 Å². The fourth-order valence-electron chi connectivity index (χ4n) is 2.14. The minimum Gasteiger partial charge on any atom is -0.436 e. The number of benzene rings is 1. The zero-order chi connectivity index (χ0) is 20.0. The summed E-state index contributed by atoms with van der Waals surface area (Å²) in [5.74, 6) is 0.291. The van der Waals surface area contributed by atoms with Crippen molar-refractivity contribution in [2.45, 2.75) is 20.0 Å². The van der Waals surface area contributed by atoms with Crippen LogP contribution in [0, 0.1) is 6.92 Å². The van der Waals surface area contributed by atoms with Crippen LogP contribution in [0.3, 0.4) is 0 Å². The van der Waals surface area contributed by atoms with Gasteiger partial charge in [0.25, 0.3) is 0 Å². The number of aliphatic imine (C=N–C) groups is 1. The first-order valence-corrected chi connectivity index (χ1v) is 8.69. The molecule has 0 saturated heterocycles. The van der Waals surface area contributed by atoms with E-state index in [1.165, 1.54) is 6.07 Å². The first-order valence-electron chi connectivity index (χ1n) is 7.90. The predicted octanol–water partition coefficient (Wildman–Crippen LogP) is 6.20. The van der Waals surface area contributed by atoms with E-state index in [-0.39, 0.29) is 5.52 Å². The van der Waals surface area contributed by atoms with Gasteiger partial charge in [0.05, 0.1) is 10.2 Å². The molecular weight excluding hydrogens is 423 g/mol. The van der Waals surface area contributed by atoms with Crippen LogP contribution in [0.1, 0.15) is 18.1 Å². The van der Waals surface area contributed by atoms with Crippen LogP contribution in [0.25, 0.3) is 22.6 Å². The van der Waals surface area contributed by atoms with Crippen molar-refractivity contribution in [3.8, 4) is 11.5 Å². The van der Waals surface area contributed by atoms with E-state index in [9.17, 15) is 13.2 Å². The van der Waals surface area contributed by atoms with Crippen molar-refractivity contribution in [1.29, 1.82) is 0 Å². The lowest BCUT2D eigenvalue weighted by molar-refractivity contribution is -0.137. The van der Waals surface area contributed by atoms with E-state index >= 15 is 0 Å². The van der Waals surface area contributed by atoms with Crippen LogP contribution in [0.5, 0.6) is 0 Å². The largest absolute Gasteiger partial charge is 0.436 e. The maximum atomic E-state index is 12.6. The monoisotopic (exact) mass is 439 g/mol. The van der Waals surface area contributed by atoms with Crippen LogP contribution >= 0.6 is 15.9 Å². The highest BCUT2D eigenvalue weighted by Crippen LogP contribution is 2.33. The molecular formula is C19H17BrF3N3O. The Bertz CT molecular complexity index is 978. The van der Waals surface area contributed by atoms with Gasteiger partial charge in [-0.3, -0.25) is 9.98 Å². The quantitative estimate of drug-likeness (QED) is 0.446. The van der Waals surface area contributed by atoms with Gasteiger partial charge in [-0.1, -0.05) is 6.08 Å². The number of halogens is 4. The second-order valence-electron chi connectivity index (χ2n) is 5.44. The molecule has 0 atom stereocenters. The molecule has 0 unspecified atom stereocenters. The zero-order valence-corrected chi connectivity index (χ0v) is 16.5. The molecule has 27 heavy (non-hydrogen) atoms. The maximum absolute atomic E-state index is 12.6. The Hall–Kier alpha value is -2.48. The SMILES string of the molecule is C/C=C\C(Br)=NC.Cc1cnccc1-c1nc2cc(C(F)(F)F)ccc2o1. The molecule has 142 valence electrons. The summed E-state index contributed by atoms with van der Waals surface area (Å²) in [7, 11) is 1.74. The third kappa shape index (κ3) is 5.50. The van der Waals surface area contributed by atoms with Crippen molar-refractivity contribution in [2.75, 3.05) is 7.05 Å². The van der Waals surface area contributed by atoms with Crippen LogP contribution in [0.4, 0.5) is 13.2 Å². The van der Waals surface area contributed by atoms with E-state index in [1.54, 1.807) is 25.5 Å². The molecule has 0 spiro atoms. The third-order valence-electron chi connectivity index (χ3n) is 3.48. The summed E-state index contributed by atoms with van der Waals surface area (Å²) in [6.07, 6.45) is 2.65. The smallest absolute Gasteiger partial charge is 0.416 e. The molecule has 0 amide bonds. The maximum Gasteiger partial charge on any atom is 0.416 e. The van der Waals surface area contributed by atoms with Gasteiger partial charge in [0, 0.05) is 25.0 Å². The molecule has 0 aliphatic heterocycles. The van der Waals surface area contributed by atoms with Gasteiger partial charge in [0.1, 0.15) is 5.52 Å². The van der Waals surface area contributed by atoms with Crippen molar-refractivity contribution in [2.24, 2.45) is 4.99 Å². The van der Waals surface area contributed by atoms with Gasteiger partial charge in [0.15, 0.2) is 5.58 Å². The van der Waals surface area contributed by atoms with Gasteiger partial charge in [-0.15, -0.1) is 0 Å². The molecule has 0 aliphatic carbocycles. The molecule has 8 heteroatoms. The minimum atomic E-state index is -4.39. The molecule has 2 heterocycles. The lowest BCUT2D eigenvalue weighted by atomic mass is 10.1. The second-order valence-corrected chi connectivity index (χ2v) is 6.25. The molecule has 0 bridgehead atoms. The summed E-state index contributed by atoms with van der Waals surface area (Å²) < 4.78 is 44.3. The molecule has 0 saturated carbocycles. The third-order valence-corrected chi connectivity index (χ3v) is 4.10. The van der Waals surface area contributed by atoms with Crippen molar-refractivity contribution in [1.82, 2.24) is 9.97 Å². The van der Waals surface area contributed by atoms with Crippen LogP contribution < -0.4 is 0 Å². The average molecular weight is 440 g/mol. The lowest BCUT2D eigenvalue weighted by Crippen LogP contribution is -2.03. The van der Waals surface area contributed by atoms with Gasteiger partial charge < -0.3 is 4.42 Å². The number of rotatable bonds is 2. The number of aryl methyl sites for hydroxylation is 1. The topological polar surface area (TPSA) is 51.3 Å². The summed E-state index contributed by atoms with van der Waals surface area (Å²) in [4.78, 5) is 11.9. The van der Waals surface area contributed by atoms with E-state index < -0.39 is 11.7 Å². The number of fused-ring (bicyclic) bond motifs is 1. The molecule has 2 aromatic heterocycles. The molecule has 1 aromatic carbocycles. The molecule has 0 radical (unpaired) electrons. The van der Waals surface area contributed by atoms with Gasteiger partial charge >= 0.3 is 6.18 Å². The first kappa shape index (κ1) is 20.8. The molecule has 3 aromatic rings. The van der Waals surface area contributed by atoms with Crippen LogP contribution in [-0.2, 0) is 6.18 Å². The highest BCUT2D eigenvalue weighted by Gasteiger charge is 2.31. The summed E-state index contributed by atoms with van der Waals surface area (Å²) in [5, 5.41) is 0. The molecule has 4 nitrogen and oxygen atoms in total. The summed E-state index contributed by atoms with van der Waals surface area (Å²) in [5.41, 5.74) is 1.33. The standard InChI is InChI=1S/C14H9F3N2O.C5H8BrN/c1-8-7-18-5-4-10(8)13-19-11-6-9(14(15,16)17)2-3-12(11)20-13;1-3-4-5(6)7-2/h2-7H,1H3;3-4H,1-2H3/b;4-3-,7-5?. The normalized spacial score (nSPS) is 12.3. The van der Waals surface area contributed by atoms with E-state index in [0.29, 0.717) is 17.0 Å². The van der Waals surface area contributed by atoms with E-state index in [4.69, 9.17) is 4.42 Å². The van der Waals surface area contributed by atoms with Crippen LogP contribution in [0.2, 0.25) is 0 Å². The van der Waals surface area contributed by atoms with Gasteiger partial charge in [-0.2, -0.15) is 13.2 Å². The summed E-state index contributed by atoms with van der Waals surface area (Å²) in [6.45, 7) is 3.78. The van der Waals surface area contributed by atoms with Gasteiger partial charge in [-0.05, 0) is 65.7 Å². The number of aromatic nitrogens is 2. The van der Waals surface area contributed by atoms with Crippen molar-refractivity contribution in [3.63, 3.8) is 0 Å². The minimum absolute atomic E-state index is 0.186. The second kappa shape index (κ2) is 8.94. The number of alkyl halides is 3. The predicted molar refractivity (Wildman–Crippen MR) is 104 cm³/mol. The highest BCUT2D eigenvalue weighted by molar-refractivity contribution is 9.18. The Labute approximate surface area is 163 Å². The van der Waals surface area contributed by atoms with Crippen LogP contribution in [0.15, 0.2) is 58.2 Å². The van der Waals surface area contributed by atoms with Gasteiger partial charge in [0.2, 0.25) is 5.89 Å². The molecule has 0 aliphatic rings. The number of nitrogens with zero attached hydrogens (tertiary/aromatic N) is 3. The van der Waals surface area contributed by atoms with Crippen molar-refractivity contribution < 1.29 is 17.6 Å². The fourth-order valence-corrected chi connectivity index (χ4v) is 2.41. The number of pyridine rings is 1. The summed E-state index contributed by atoms with van der Waals surface area (Å²) in [6, 6.07) is 4.96. The number of hydrogen-bond donors (Lipinski definition) is 0. The van der Waals surface area contributed by atoms with E-state index in [2.05, 4.69) is 30.9 Å². The number of allylic oxidation sites excluding steroid dienone is 2. The highest BCUT2D eigenvalue weighted by atomic mass is 79.9. The average Bonchev–Trinajstić information content (AvgIpc) is 3.05. The molecule has 0 N–H and O–H groups in total. The summed E-state index contributed by atoms with van der Waals surface area (Å²) >= 11 is 3.20. The van der Waals surface area contributed by atoms with E-state index in [1.807, 2.05) is 26.0 Å². The molecule has 0 fully saturated rings.